The van der Waals surface area contributed by atoms with Crippen LogP contribution in [-0.4, -0.2) is 53.2 Å². The summed E-state index contributed by atoms with van der Waals surface area (Å²) in [5.74, 6) is 0.0199. The van der Waals surface area contributed by atoms with Gasteiger partial charge in [0, 0.05) is 31.6 Å². The number of carboxylic acid groups (broad SMARTS) is 1. The average Bonchev–Trinajstić information content (AvgIpc) is 2.53. The van der Waals surface area contributed by atoms with E-state index in [-0.39, 0.29) is 11.9 Å². The molecule has 7 heteroatoms. The monoisotopic (exact) mass is 338 g/mol. The number of amides is 2. The van der Waals surface area contributed by atoms with Crippen molar-refractivity contribution >= 4 is 23.6 Å². The first-order valence-corrected chi connectivity index (χ1v) is 7.99. The molecule has 0 aromatic heterocycles. The first-order chi connectivity index (χ1) is 11.0. The van der Waals surface area contributed by atoms with E-state index in [0.29, 0.717) is 37.9 Å². The fourth-order valence-corrected chi connectivity index (χ4v) is 3.56. The lowest BCUT2D eigenvalue weighted by Crippen LogP contribution is -2.44. The molecule has 1 saturated heterocycles. The Morgan fingerprint density at radius 3 is 2.83 bits per heavy atom. The lowest BCUT2D eigenvalue weighted by Gasteiger charge is -2.37. The molecule has 0 aliphatic carbocycles. The summed E-state index contributed by atoms with van der Waals surface area (Å²) in [7, 11) is 0. The maximum Gasteiger partial charge on any atom is 0.407 e. The zero-order valence-corrected chi connectivity index (χ0v) is 13.7. The molecule has 0 radical (unpaired) electrons. The molecule has 0 saturated carbocycles. The zero-order valence-electron chi connectivity index (χ0n) is 12.9. The van der Waals surface area contributed by atoms with E-state index in [4.69, 9.17) is 16.3 Å². The van der Waals surface area contributed by atoms with Crippen LogP contribution in [0.15, 0.2) is 12.1 Å². The van der Waals surface area contributed by atoms with Crippen LogP contribution in [0.5, 0.6) is 0 Å². The number of nitrogens with zero attached hydrogens (tertiary/aromatic N) is 2. The molecule has 2 heterocycles. The van der Waals surface area contributed by atoms with Crippen LogP contribution in [-0.2, 0) is 22.5 Å². The van der Waals surface area contributed by atoms with Crippen molar-refractivity contribution in [2.45, 2.75) is 25.9 Å². The quantitative estimate of drug-likeness (QED) is 0.853. The number of fused-ring (bicyclic) bond motifs is 1. The highest BCUT2D eigenvalue weighted by Crippen LogP contribution is 2.34. The smallest absolute Gasteiger partial charge is 0.407 e. The van der Waals surface area contributed by atoms with Crippen LogP contribution in [0.3, 0.4) is 0 Å². The van der Waals surface area contributed by atoms with Gasteiger partial charge in [-0.15, -0.1) is 0 Å². The molecular formula is C16H19ClN2O4. The van der Waals surface area contributed by atoms with Crippen LogP contribution in [0, 0.1) is 0 Å². The predicted octanol–water partition coefficient (Wildman–Crippen LogP) is 2.30. The fraction of sp³-hybridized carbons (Fsp3) is 0.500. The number of hydrogen-bond donors (Lipinski definition) is 1. The molecule has 2 aliphatic heterocycles. The number of ether oxygens (including phenoxy) is 1. The molecule has 1 atom stereocenters. The van der Waals surface area contributed by atoms with E-state index in [1.54, 1.807) is 17.9 Å². The summed E-state index contributed by atoms with van der Waals surface area (Å²) in [6.07, 6.45) is -0.241. The van der Waals surface area contributed by atoms with Crippen molar-refractivity contribution in [2.75, 3.05) is 26.3 Å². The van der Waals surface area contributed by atoms with Crippen LogP contribution in [0.4, 0.5) is 4.79 Å². The highest BCUT2D eigenvalue weighted by Gasteiger charge is 2.32. The third kappa shape index (κ3) is 3.14. The Labute approximate surface area is 139 Å². The maximum atomic E-state index is 11.7. The number of rotatable bonds is 1. The van der Waals surface area contributed by atoms with Gasteiger partial charge in [0.05, 0.1) is 19.3 Å². The minimum Gasteiger partial charge on any atom is -0.465 e. The molecule has 0 unspecified atom stereocenters. The van der Waals surface area contributed by atoms with Gasteiger partial charge in [0.1, 0.15) is 0 Å². The molecule has 1 aromatic rings. The van der Waals surface area contributed by atoms with Crippen LogP contribution in [0.2, 0.25) is 5.02 Å². The first kappa shape index (κ1) is 16.1. The van der Waals surface area contributed by atoms with Gasteiger partial charge in [-0.25, -0.2) is 4.79 Å². The van der Waals surface area contributed by atoms with E-state index in [1.165, 1.54) is 4.90 Å². The Morgan fingerprint density at radius 2 is 2.13 bits per heavy atom. The number of halogens is 1. The fourth-order valence-electron chi connectivity index (χ4n) is 3.31. The van der Waals surface area contributed by atoms with Crippen molar-refractivity contribution in [1.82, 2.24) is 9.80 Å². The van der Waals surface area contributed by atoms with Crippen molar-refractivity contribution in [3.63, 3.8) is 0 Å². The Bertz CT molecular complexity index is 649. The van der Waals surface area contributed by atoms with E-state index in [0.717, 1.165) is 23.1 Å². The Morgan fingerprint density at radius 1 is 1.35 bits per heavy atom. The van der Waals surface area contributed by atoms with Gasteiger partial charge >= 0.3 is 6.09 Å². The van der Waals surface area contributed by atoms with E-state index in [2.05, 4.69) is 0 Å². The van der Waals surface area contributed by atoms with E-state index < -0.39 is 6.09 Å². The van der Waals surface area contributed by atoms with Crippen molar-refractivity contribution < 1.29 is 19.4 Å². The molecular weight excluding hydrogens is 320 g/mol. The van der Waals surface area contributed by atoms with Gasteiger partial charge in [-0.05, 0) is 35.2 Å². The first-order valence-electron chi connectivity index (χ1n) is 7.61. The summed E-state index contributed by atoms with van der Waals surface area (Å²) in [5, 5.41) is 10.0. The van der Waals surface area contributed by atoms with Gasteiger partial charge in [0.25, 0.3) is 0 Å². The van der Waals surface area contributed by atoms with Gasteiger partial charge in [0.2, 0.25) is 5.91 Å². The highest BCUT2D eigenvalue weighted by molar-refractivity contribution is 6.30. The topological polar surface area (TPSA) is 70.1 Å². The van der Waals surface area contributed by atoms with Crippen LogP contribution in [0.25, 0.3) is 0 Å². The number of carbonyl (C=O) groups is 2. The molecule has 1 aromatic carbocycles. The SMILES string of the molecule is CC(=O)N1CCc2cc(Cl)cc([C@@H]3COCCN3C(=O)O)c2C1. The Balaban J connectivity index is 2.03. The van der Waals surface area contributed by atoms with Crippen molar-refractivity contribution in [3.05, 3.63) is 33.8 Å². The molecule has 0 spiro atoms. The summed E-state index contributed by atoms with van der Waals surface area (Å²) >= 11 is 6.24. The van der Waals surface area contributed by atoms with E-state index in [1.807, 2.05) is 6.07 Å². The summed E-state index contributed by atoms with van der Waals surface area (Å²) in [4.78, 5) is 26.4. The molecule has 6 nitrogen and oxygen atoms in total. The van der Waals surface area contributed by atoms with Crippen molar-refractivity contribution in [2.24, 2.45) is 0 Å². The molecule has 3 rings (SSSR count). The van der Waals surface area contributed by atoms with Gasteiger partial charge in [-0.3, -0.25) is 9.69 Å². The largest absolute Gasteiger partial charge is 0.465 e. The van der Waals surface area contributed by atoms with Gasteiger partial charge < -0.3 is 14.7 Å². The molecule has 124 valence electrons. The average molecular weight is 339 g/mol. The van der Waals surface area contributed by atoms with Crippen LogP contribution < -0.4 is 0 Å². The lowest BCUT2D eigenvalue weighted by molar-refractivity contribution is -0.129. The van der Waals surface area contributed by atoms with Crippen molar-refractivity contribution in [1.29, 1.82) is 0 Å². The molecule has 23 heavy (non-hydrogen) atoms. The number of benzene rings is 1. The summed E-state index contributed by atoms with van der Waals surface area (Å²) in [6, 6.07) is 3.33. The van der Waals surface area contributed by atoms with Gasteiger partial charge in [0.15, 0.2) is 0 Å². The summed E-state index contributed by atoms with van der Waals surface area (Å²) in [5.41, 5.74) is 2.93. The Kier molecular flexibility index (Phi) is 4.46. The van der Waals surface area contributed by atoms with Crippen LogP contribution >= 0.6 is 11.6 Å². The zero-order chi connectivity index (χ0) is 16.6. The van der Waals surface area contributed by atoms with Crippen LogP contribution in [0.1, 0.15) is 29.7 Å². The number of carbonyl (C=O) groups excluding carboxylic acids is 1. The normalized spacial score (nSPS) is 21.0. The third-order valence-corrected chi connectivity index (χ3v) is 4.74. The lowest BCUT2D eigenvalue weighted by atomic mass is 9.90. The Hall–Kier alpha value is -1.79. The minimum absolute atomic E-state index is 0.0199. The van der Waals surface area contributed by atoms with Gasteiger partial charge in [-0.2, -0.15) is 0 Å². The minimum atomic E-state index is -0.966. The van der Waals surface area contributed by atoms with Crippen molar-refractivity contribution in [3.8, 4) is 0 Å². The maximum absolute atomic E-state index is 11.7. The second kappa shape index (κ2) is 6.37. The number of morpholine rings is 1. The molecule has 2 aliphatic rings. The number of hydrogen-bond acceptors (Lipinski definition) is 3. The molecule has 1 N–H and O–H groups in total. The molecule has 0 bridgehead atoms. The highest BCUT2D eigenvalue weighted by atomic mass is 35.5. The van der Waals surface area contributed by atoms with E-state index >= 15 is 0 Å². The van der Waals surface area contributed by atoms with E-state index in [9.17, 15) is 14.7 Å². The second-order valence-corrected chi connectivity index (χ2v) is 6.33. The standard InChI is InChI=1S/C16H19ClN2O4/c1-10(20)18-3-2-11-6-12(17)7-13(14(11)8-18)15-9-23-5-4-19(15)16(21)22/h6-7,15H,2-5,8-9H2,1H3,(H,21,22)/t15-/m0/s1. The molecule has 1 fully saturated rings. The molecule has 2 amide bonds. The van der Waals surface area contributed by atoms with Gasteiger partial charge in [-0.1, -0.05) is 11.6 Å². The third-order valence-electron chi connectivity index (χ3n) is 4.52. The second-order valence-electron chi connectivity index (χ2n) is 5.89. The summed E-state index contributed by atoms with van der Waals surface area (Å²) < 4.78 is 5.49. The predicted molar refractivity (Wildman–Crippen MR) is 84.5 cm³/mol. The summed E-state index contributed by atoms with van der Waals surface area (Å²) in [6.45, 7) is 3.73.